The summed E-state index contributed by atoms with van der Waals surface area (Å²) in [7, 11) is 0. The quantitative estimate of drug-likeness (QED) is 0.639. The third-order valence-corrected chi connectivity index (χ3v) is 6.67. The zero-order valence-electron chi connectivity index (χ0n) is 19.0. The van der Waals surface area contributed by atoms with Crippen LogP contribution in [-0.2, 0) is 4.74 Å². The Morgan fingerprint density at radius 1 is 1.22 bits per heavy atom. The molecule has 0 radical (unpaired) electrons. The van der Waals surface area contributed by atoms with Gasteiger partial charge in [-0.1, -0.05) is 25.0 Å². The fourth-order valence-corrected chi connectivity index (χ4v) is 4.81. The fraction of sp³-hybridized carbons (Fsp3) is 0.560. The molecule has 32 heavy (non-hydrogen) atoms. The second-order valence-corrected chi connectivity index (χ2v) is 8.88. The molecule has 3 heterocycles. The van der Waals surface area contributed by atoms with Crippen molar-refractivity contribution in [3.63, 3.8) is 0 Å². The van der Waals surface area contributed by atoms with Gasteiger partial charge < -0.3 is 15.0 Å². The van der Waals surface area contributed by atoms with Gasteiger partial charge in [0.1, 0.15) is 0 Å². The Labute approximate surface area is 190 Å². The van der Waals surface area contributed by atoms with Crippen molar-refractivity contribution in [2.75, 3.05) is 26.2 Å². The first-order chi connectivity index (χ1) is 15.7. The summed E-state index contributed by atoms with van der Waals surface area (Å²) < 4.78 is 7.62. The van der Waals surface area contributed by atoms with E-state index in [9.17, 15) is 4.79 Å². The molecular weight excluding hydrogens is 402 g/mol. The van der Waals surface area contributed by atoms with E-state index in [0.29, 0.717) is 23.4 Å². The molecule has 1 amide bonds. The van der Waals surface area contributed by atoms with E-state index in [1.165, 1.54) is 19.3 Å². The normalized spacial score (nSPS) is 22.9. The zero-order valence-corrected chi connectivity index (χ0v) is 19.0. The fourth-order valence-electron chi connectivity index (χ4n) is 4.81. The van der Waals surface area contributed by atoms with Gasteiger partial charge in [0, 0.05) is 44.3 Å². The topological polar surface area (TPSA) is 72.3 Å². The van der Waals surface area contributed by atoms with E-state index in [-0.39, 0.29) is 11.9 Å². The molecule has 7 nitrogen and oxygen atoms in total. The van der Waals surface area contributed by atoms with Gasteiger partial charge in [-0.3, -0.25) is 4.79 Å². The van der Waals surface area contributed by atoms with Crippen LogP contribution in [0.2, 0.25) is 0 Å². The monoisotopic (exact) mass is 437 g/mol. The second-order valence-electron chi connectivity index (χ2n) is 8.88. The highest BCUT2D eigenvalue weighted by molar-refractivity contribution is 5.94. The molecule has 0 spiro atoms. The van der Waals surface area contributed by atoms with Crippen LogP contribution in [0, 0.1) is 5.92 Å². The highest BCUT2D eigenvalue weighted by Gasteiger charge is 2.30. The van der Waals surface area contributed by atoms with E-state index in [1.54, 1.807) is 17.1 Å². The average Bonchev–Trinajstić information content (AvgIpc) is 3.37. The molecule has 1 N–H and O–H groups in total. The SMILES string of the molecule is CC=CCOC1CCN(C[C@H]2CCCC[C@@H]2NC(=O)c2ccc(-n3cccn3)nc2)CC1. The van der Waals surface area contributed by atoms with Gasteiger partial charge in [0.2, 0.25) is 0 Å². The van der Waals surface area contributed by atoms with Crippen molar-refractivity contribution in [3.8, 4) is 5.82 Å². The largest absolute Gasteiger partial charge is 0.374 e. The summed E-state index contributed by atoms with van der Waals surface area (Å²) in [6.45, 7) is 5.96. The minimum Gasteiger partial charge on any atom is -0.374 e. The highest BCUT2D eigenvalue weighted by Crippen LogP contribution is 2.27. The number of aromatic nitrogens is 3. The zero-order chi connectivity index (χ0) is 22.2. The Kier molecular flexibility index (Phi) is 8.07. The molecule has 4 rings (SSSR count). The molecule has 1 saturated heterocycles. The van der Waals surface area contributed by atoms with Gasteiger partial charge in [0.25, 0.3) is 5.91 Å². The van der Waals surface area contributed by atoms with Crippen molar-refractivity contribution >= 4 is 5.91 Å². The minimum absolute atomic E-state index is 0.0301. The lowest BCUT2D eigenvalue weighted by molar-refractivity contribution is 0.0153. The van der Waals surface area contributed by atoms with E-state index in [4.69, 9.17) is 4.74 Å². The van der Waals surface area contributed by atoms with Crippen LogP contribution in [0.15, 0.2) is 48.9 Å². The van der Waals surface area contributed by atoms with E-state index in [2.05, 4.69) is 26.4 Å². The molecule has 2 atom stereocenters. The van der Waals surface area contributed by atoms with Crippen LogP contribution in [0.3, 0.4) is 0 Å². The number of nitrogens with zero attached hydrogens (tertiary/aromatic N) is 4. The van der Waals surface area contributed by atoms with E-state index >= 15 is 0 Å². The first-order valence-electron chi connectivity index (χ1n) is 11.9. The number of piperidine rings is 1. The lowest BCUT2D eigenvalue weighted by Crippen LogP contribution is -2.48. The Bertz CT molecular complexity index is 857. The number of rotatable bonds is 8. The van der Waals surface area contributed by atoms with Gasteiger partial charge in [-0.2, -0.15) is 5.10 Å². The summed E-state index contributed by atoms with van der Waals surface area (Å²) in [4.78, 5) is 19.9. The first-order valence-corrected chi connectivity index (χ1v) is 11.9. The molecular formula is C25H35N5O2. The maximum Gasteiger partial charge on any atom is 0.253 e. The Balaban J connectivity index is 1.28. The molecule has 0 bridgehead atoms. The molecule has 7 heteroatoms. The van der Waals surface area contributed by atoms with Gasteiger partial charge >= 0.3 is 0 Å². The summed E-state index contributed by atoms with van der Waals surface area (Å²) in [6, 6.07) is 5.74. The molecule has 1 saturated carbocycles. The molecule has 2 aliphatic rings. The molecule has 0 aromatic carbocycles. The van der Waals surface area contributed by atoms with Crippen molar-refractivity contribution in [1.29, 1.82) is 0 Å². The summed E-state index contributed by atoms with van der Waals surface area (Å²) in [5.74, 6) is 1.18. The number of pyridine rings is 1. The maximum absolute atomic E-state index is 12.9. The summed E-state index contributed by atoms with van der Waals surface area (Å²) in [5.41, 5.74) is 0.601. The van der Waals surface area contributed by atoms with Crippen molar-refractivity contribution in [3.05, 3.63) is 54.5 Å². The minimum atomic E-state index is -0.0301. The van der Waals surface area contributed by atoms with Crippen molar-refractivity contribution < 1.29 is 9.53 Å². The predicted molar refractivity (Wildman–Crippen MR) is 125 cm³/mol. The van der Waals surface area contributed by atoms with E-state index < -0.39 is 0 Å². The van der Waals surface area contributed by atoms with Crippen LogP contribution >= 0.6 is 0 Å². The lowest BCUT2D eigenvalue weighted by atomic mass is 9.83. The van der Waals surface area contributed by atoms with Crippen LogP contribution in [0.25, 0.3) is 5.82 Å². The van der Waals surface area contributed by atoms with Crippen molar-refractivity contribution in [2.24, 2.45) is 5.92 Å². The number of nitrogens with one attached hydrogen (secondary N) is 1. The van der Waals surface area contributed by atoms with Crippen molar-refractivity contribution in [1.82, 2.24) is 25.0 Å². The summed E-state index contributed by atoms with van der Waals surface area (Å²) >= 11 is 0. The van der Waals surface area contributed by atoms with E-state index in [1.807, 2.05) is 37.4 Å². The molecule has 172 valence electrons. The summed E-state index contributed by atoms with van der Waals surface area (Å²) in [5, 5.41) is 7.49. The molecule has 2 fully saturated rings. The van der Waals surface area contributed by atoms with Gasteiger partial charge in [-0.05, 0) is 56.7 Å². The number of hydrogen-bond donors (Lipinski definition) is 1. The van der Waals surface area contributed by atoms with Crippen LogP contribution in [0.1, 0.15) is 55.8 Å². The number of likely N-dealkylation sites (tertiary alicyclic amines) is 1. The molecule has 1 aliphatic carbocycles. The third-order valence-electron chi connectivity index (χ3n) is 6.67. The van der Waals surface area contributed by atoms with Crippen LogP contribution in [0.5, 0.6) is 0 Å². The van der Waals surface area contributed by atoms with Crippen molar-refractivity contribution in [2.45, 2.75) is 57.6 Å². The lowest BCUT2D eigenvalue weighted by Gasteiger charge is -2.38. The molecule has 0 unspecified atom stereocenters. The Morgan fingerprint density at radius 3 is 2.78 bits per heavy atom. The van der Waals surface area contributed by atoms with Crippen LogP contribution < -0.4 is 5.32 Å². The first kappa shape index (κ1) is 22.7. The van der Waals surface area contributed by atoms with Gasteiger partial charge in [-0.15, -0.1) is 0 Å². The number of allylic oxidation sites excluding steroid dienone is 1. The standard InChI is InChI=1S/C25H35N5O2/c1-2-3-17-32-22-11-15-29(16-12-22)19-21-7-4-5-8-23(21)28-25(31)20-9-10-24(26-18-20)30-14-6-13-27-30/h2-3,6,9-10,13-14,18,21-23H,4-5,7-8,11-12,15-17,19H2,1H3,(H,28,31)/t21-,23+/m1/s1. The van der Waals surface area contributed by atoms with Crippen LogP contribution in [-0.4, -0.2) is 64.0 Å². The smallest absolute Gasteiger partial charge is 0.253 e. The van der Waals surface area contributed by atoms with Crippen LogP contribution in [0.4, 0.5) is 0 Å². The van der Waals surface area contributed by atoms with Gasteiger partial charge in [0.15, 0.2) is 5.82 Å². The van der Waals surface area contributed by atoms with Gasteiger partial charge in [0.05, 0.1) is 18.3 Å². The number of hydrogen-bond acceptors (Lipinski definition) is 5. The Morgan fingerprint density at radius 2 is 2.06 bits per heavy atom. The number of amides is 1. The Hall–Kier alpha value is -2.51. The molecule has 2 aromatic rings. The number of carbonyl (C=O) groups is 1. The number of carbonyl (C=O) groups excluding carboxylic acids is 1. The van der Waals surface area contributed by atoms with Gasteiger partial charge in [-0.25, -0.2) is 9.67 Å². The molecule has 1 aliphatic heterocycles. The number of ether oxygens (including phenoxy) is 1. The highest BCUT2D eigenvalue weighted by atomic mass is 16.5. The maximum atomic E-state index is 12.9. The predicted octanol–water partition coefficient (Wildman–Crippen LogP) is 3.61. The average molecular weight is 438 g/mol. The molecule has 2 aromatic heterocycles. The third kappa shape index (κ3) is 6.04. The second kappa shape index (κ2) is 11.4. The van der Waals surface area contributed by atoms with E-state index in [0.717, 1.165) is 45.5 Å². The summed E-state index contributed by atoms with van der Waals surface area (Å²) in [6.07, 6.45) is 16.5.